The summed E-state index contributed by atoms with van der Waals surface area (Å²) in [5.74, 6) is -0.749. The van der Waals surface area contributed by atoms with Crippen LogP contribution < -0.4 is 11.5 Å². The summed E-state index contributed by atoms with van der Waals surface area (Å²) in [6, 6.07) is 9.27. The molecule has 1 heterocycles. The minimum absolute atomic E-state index is 0.331. The van der Waals surface area contributed by atoms with Gasteiger partial charge in [0.15, 0.2) is 5.58 Å². The topological polar surface area (TPSA) is 61.2 Å². The van der Waals surface area contributed by atoms with Crippen LogP contribution in [0.2, 0.25) is 0 Å². The van der Waals surface area contributed by atoms with Gasteiger partial charge < -0.3 is 10.2 Å². The van der Waals surface area contributed by atoms with E-state index in [1.54, 1.807) is 25.2 Å². The van der Waals surface area contributed by atoms with Crippen LogP contribution in [0.3, 0.4) is 0 Å². The molecule has 0 aliphatic rings. The van der Waals surface area contributed by atoms with Gasteiger partial charge in [-0.25, -0.2) is 9.18 Å². The fourth-order valence-electron chi connectivity index (χ4n) is 2.28. The zero-order chi connectivity index (χ0) is 15.1. The first-order valence-electron chi connectivity index (χ1n) is 6.27. The Hall–Kier alpha value is -1.92. The molecule has 3 aromatic rings. The highest BCUT2D eigenvalue weighted by atomic mass is 79.9. The lowest BCUT2D eigenvalue weighted by Gasteiger charge is -2.14. The van der Waals surface area contributed by atoms with Crippen molar-refractivity contribution in [3.05, 3.63) is 68.4 Å². The Balaban J connectivity index is 2.09. The molecule has 1 aromatic heterocycles. The molecule has 1 unspecified atom stereocenters. The fourth-order valence-corrected chi connectivity index (χ4v) is 2.87. The highest BCUT2D eigenvalue weighted by Gasteiger charge is 2.15. The number of benzene rings is 2. The number of aryl methyl sites for hydroxylation is 1. The summed E-state index contributed by atoms with van der Waals surface area (Å²) in [5.41, 5.74) is 8.95. The van der Waals surface area contributed by atoms with Gasteiger partial charge >= 0.3 is 5.76 Å². The third-order valence-corrected chi connectivity index (χ3v) is 4.16. The normalized spacial score (nSPS) is 12.8. The number of nitrogens with zero attached hydrogens (tertiary/aromatic N) is 1. The molecule has 6 heteroatoms. The van der Waals surface area contributed by atoms with Crippen molar-refractivity contribution in [1.29, 1.82) is 0 Å². The lowest BCUT2D eigenvalue weighted by atomic mass is 9.99. The molecule has 2 aromatic carbocycles. The third kappa shape index (κ3) is 2.41. The standard InChI is InChI=1S/C15H12BrFN2O2/c1-19-12-5-2-8(6-13(12)21-15(19)20)14(18)10-4-3-9(17)7-11(10)16/h2-7,14H,18H2,1H3. The van der Waals surface area contributed by atoms with Crippen molar-refractivity contribution in [3.63, 3.8) is 0 Å². The Morgan fingerprint density at radius 3 is 2.76 bits per heavy atom. The Labute approximate surface area is 128 Å². The molecule has 3 rings (SSSR count). The molecule has 108 valence electrons. The van der Waals surface area contributed by atoms with E-state index in [1.165, 1.54) is 16.7 Å². The minimum Gasteiger partial charge on any atom is -0.408 e. The van der Waals surface area contributed by atoms with Crippen molar-refractivity contribution in [3.8, 4) is 0 Å². The summed E-state index contributed by atoms with van der Waals surface area (Å²) >= 11 is 3.31. The van der Waals surface area contributed by atoms with Gasteiger partial charge in [0.05, 0.1) is 11.6 Å². The maximum absolute atomic E-state index is 13.1. The Morgan fingerprint density at radius 1 is 1.29 bits per heavy atom. The molecule has 0 amide bonds. The van der Waals surface area contributed by atoms with Crippen molar-refractivity contribution >= 4 is 27.0 Å². The van der Waals surface area contributed by atoms with Crippen LogP contribution >= 0.6 is 15.9 Å². The van der Waals surface area contributed by atoms with E-state index in [4.69, 9.17) is 10.2 Å². The van der Waals surface area contributed by atoms with Crippen LogP contribution in [0.1, 0.15) is 17.2 Å². The van der Waals surface area contributed by atoms with Crippen LogP contribution in [0.5, 0.6) is 0 Å². The lowest BCUT2D eigenvalue weighted by molar-refractivity contribution is 0.527. The van der Waals surface area contributed by atoms with Gasteiger partial charge in [0.2, 0.25) is 0 Å². The first kappa shape index (κ1) is 14.0. The van der Waals surface area contributed by atoms with Gasteiger partial charge in [-0.2, -0.15) is 0 Å². The number of oxazole rings is 1. The van der Waals surface area contributed by atoms with Crippen molar-refractivity contribution < 1.29 is 8.81 Å². The van der Waals surface area contributed by atoms with Gasteiger partial charge in [-0.1, -0.05) is 28.1 Å². The van der Waals surface area contributed by atoms with Crippen molar-refractivity contribution in [2.45, 2.75) is 6.04 Å². The molecule has 4 nitrogen and oxygen atoms in total. The van der Waals surface area contributed by atoms with Crippen LogP contribution in [-0.4, -0.2) is 4.57 Å². The molecule has 0 aliphatic heterocycles. The smallest absolute Gasteiger partial charge is 0.408 e. The number of rotatable bonds is 2. The van der Waals surface area contributed by atoms with Crippen LogP contribution in [-0.2, 0) is 7.05 Å². The highest BCUT2D eigenvalue weighted by Crippen LogP contribution is 2.29. The molecule has 0 saturated carbocycles. The monoisotopic (exact) mass is 350 g/mol. The summed E-state index contributed by atoms with van der Waals surface area (Å²) in [5, 5.41) is 0. The van der Waals surface area contributed by atoms with Crippen LogP contribution in [0.15, 0.2) is 50.1 Å². The third-order valence-electron chi connectivity index (χ3n) is 3.47. The van der Waals surface area contributed by atoms with E-state index in [1.807, 2.05) is 6.07 Å². The second-order valence-corrected chi connectivity index (χ2v) is 5.65. The molecule has 0 bridgehead atoms. The van der Waals surface area contributed by atoms with Crippen LogP contribution in [0.25, 0.3) is 11.1 Å². The van der Waals surface area contributed by atoms with Gasteiger partial charge in [0.25, 0.3) is 0 Å². The minimum atomic E-state index is -0.449. The van der Waals surface area contributed by atoms with E-state index >= 15 is 0 Å². The number of hydrogen-bond donors (Lipinski definition) is 1. The summed E-state index contributed by atoms with van der Waals surface area (Å²) in [4.78, 5) is 11.5. The van der Waals surface area contributed by atoms with Crippen molar-refractivity contribution in [1.82, 2.24) is 4.57 Å². The van der Waals surface area contributed by atoms with Crippen LogP contribution in [0, 0.1) is 5.82 Å². The predicted molar refractivity (Wildman–Crippen MR) is 81.6 cm³/mol. The number of nitrogens with two attached hydrogens (primary N) is 1. The van der Waals surface area contributed by atoms with E-state index in [2.05, 4.69) is 15.9 Å². The molecule has 1 atom stereocenters. The highest BCUT2D eigenvalue weighted by molar-refractivity contribution is 9.10. The first-order chi connectivity index (χ1) is 9.97. The molecule has 0 radical (unpaired) electrons. The summed E-state index contributed by atoms with van der Waals surface area (Å²) in [6.07, 6.45) is 0. The van der Waals surface area contributed by atoms with E-state index in [-0.39, 0.29) is 5.82 Å². The summed E-state index contributed by atoms with van der Waals surface area (Å²) < 4.78 is 20.3. The van der Waals surface area contributed by atoms with Gasteiger partial charge in [-0.05, 0) is 35.4 Å². The SMILES string of the molecule is Cn1c(=O)oc2cc(C(N)c3ccc(F)cc3Br)ccc21. The number of aromatic nitrogens is 1. The largest absolute Gasteiger partial charge is 0.419 e. The predicted octanol–water partition coefficient (Wildman–Crippen LogP) is 3.08. The second kappa shape index (κ2) is 5.13. The quantitative estimate of drug-likeness (QED) is 0.772. The Morgan fingerprint density at radius 2 is 2.05 bits per heavy atom. The summed E-state index contributed by atoms with van der Waals surface area (Å²) in [6.45, 7) is 0. The Bertz CT molecular complexity index is 885. The maximum atomic E-state index is 13.1. The summed E-state index contributed by atoms with van der Waals surface area (Å²) in [7, 11) is 1.64. The van der Waals surface area contributed by atoms with E-state index in [0.29, 0.717) is 15.6 Å². The van der Waals surface area contributed by atoms with E-state index in [9.17, 15) is 9.18 Å². The second-order valence-electron chi connectivity index (χ2n) is 4.80. The average molecular weight is 351 g/mol. The molecular weight excluding hydrogens is 339 g/mol. The first-order valence-corrected chi connectivity index (χ1v) is 7.06. The maximum Gasteiger partial charge on any atom is 0.419 e. The van der Waals surface area contributed by atoms with E-state index in [0.717, 1.165) is 11.1 Å². The number of fused-ring (bicyclic) bond motifs is 1. The molecule has 2 N–H and O–H groups in total. The number of halogens is 2. The Kier molecular flexibility index (Phi) is 3.43. The molecule has 0 fully saturated rings. The molecule has 0 spiro atoms. The molecular formula is C15H12BrFN2O2. The van der Waals surface area contributed by atoms with Gasteiger partial charge in [-0.15, -0.1) is 0 Å². The average Bonchev–Trinajstić information content (AvgIpc) is 2.73. The van der Waals surface area contributed by atoms with Gasteiger partial charge in [-0.3, -0.25) is 4.57 Å². The molecule has 0 saturated heterocycles. The van der Waals surface area contributed by atoms with Crippen LogP contribution in [0.4, 0.5) is 4.39 Å². The van der Waals surface area contributed by atoms with Crippen molar-refractivity contribution in [2.75, 3.05) is 0 Å². The zero-order valence-corrected chi connectivity index (χ0v) is 12.7. The zero-order valence-electron chi connectivity index (χ0n) is 11.1. The lowest BCUT2D eigenvalue weighted by Crippen LogP contribution is -2.12. The van der Waals surface area contributed by atoms with Gasteiger partial charge in [0, 0.05) is 11.5 Å². The van der Waals surface area contributed by atoms with Gasteiger partial charge in [0.1, 0.15) is 5.82 Å². The fraction of sp³-hybridized carbons (Fsp3) is 0.133. The molecule has 0 aliphatic carbocycles. The van der Waals surface area contributed by atoms with Crippen molar-refractivity contribution in [2.24, 2.45) is 12.8 Å². The van der Waals surface area contributed by atoms with E-state index < -0.39 is 11.8 Å². The molecule has 21 heavy (non-hydrogen) atoms. The number of hydrogen-bond acceptors (Lipinski definition) is 3.